The molecule has 0 aromatic heterocycles. The van der Waals surface area contributed by atoms with Crippen LogP contribution in [0.3, 0.4) is 0 Å². The van der Waals surface area contributed by atoms with Gasteiger partial charge in [0.05, 0.1) is 18.8 Å². The van der Waals surface area contributed by atoms with Crippen molar-refractivity contribution in [1.29, 1.82) is 0 Å². The zero-order valence-corrected chi connectivity index (χ0v) is 13.3. The van der Waals surface area contributed by atoms with Gasteiger partial charge in [-0.2, -0.15) is 0 Å². The fourth-order valence-electron chi connectivity index (χ4n) is 2.24. The molecule has 1 rings (SSSR count). The van der Waals surface area contributed by atoms with Gasteiger partial charge in [0.1, 0.15) is 0 Å². The van der Waals surface area contributed by atoms with Gasteiger partial charge in [-0.1, -0.05) is 6.07 Å². The van der Waals surface area contributed by atoms with Crippen LogP contribution in [0.2, 0.25) is 0 Å². The Morgan fingerprint density at radius 2 is 2.05 bits per heavy atom. The van der Waals surface area contributed by atoms with Crippen LogP contribution in [0.4, 0.5) is 0 Å². The van der Waals surface area contributed by atoms with Crippen LogP contribution in [-0.4, -0.2) is 56.0 Å². The summed E-state index contributed by atoms with van der Waals surface area (Å²) >= 11 is 0. The van der Waals surface area contributed by atoms with E-state index in [2.05, 4.69) is 11.8 Å². The summed E-state index contributed by atoms with van der Waals surface area (Å²) in [7, 11) is 3.38. The molecule has 1 N–H and O–H groups in total. The largest absolute Gasteiger partial charge is 0.478 e. The van der Waals surface area contributed by atoms with E-state index < -0.39 is 5.97 Å². The quantitative estimate of drug-likeness (QED) is 0.756. The van der Waals surface area contributed by atoms with Gasteiger partial charge in [0.15, 0.2) is 0 Å². The average molecular weight is 295 g/mol. The highest BCUT2D eigenvalue weighted by Gasteiger charge is 2.15. The predicted molar refractivity (Wildman–Crippen MR) is 81.8 cm³/mol. The van der Waals surface area contributed by atoms with Crippen molar-refractivity contribution in [1.82, 2.24) is 4.90 Å². The normalized spacial score (nSPS) is 12.6. The summed E-state index contributed by atoms with van der Waals surface area (Å²) in [5.74, 6) is -0.895. The molecule has 1 atom stereocenters. The summed E-state index contributed by atoms with van der Waals surface area (Å²) in [6.45, 7) is 6.91. The molecule has 1 unspecified atom stereocenters. The van der Waals surface area contributed by atoms with Crippen LogP contribution in [-0.2, 0) is 16.0 Å². The van der Waals surface area contributed by atoms with Gasteiger partial charge in [0, 0.05) is 33.4 Å². The maximum Gasteiger partial charge on any atom is 0.335 e. The van der Waals surface area contributed by atoms with E-state index in [1.165, 1.54) is 0 Å². The van der Waals surface area contributed by atoms with Crippen molar-refractivity contribution in [3.05, 3.63) is 34.9 Å². The number of nitrogens with zero attached hydrogens (tertiary/aromatic N) is 1. The van der Waals surface area contributed by atoms with Crippen molar-refractivity contribution in [2.75, 3.05) is 34.0 Å². The molecular formula is C16H25NO4. The minimum absolute atomic E-state index is 0.267. The molecule has 5 heteroatoms. The highest BCUT2D eigenvalue weighted by molar-refractivity contribution is 5.87. The van der Waals surface area contributed by atoms with Crippen molar-refractivity contribution >= 4 is 5.97 Å². The number of carbonyl (C=O) groups is 1. The Kier molecular flexibility index (Phi) is 7.36. The van der Waals surface area contributed by atoms with E-state index in [1.807, 2.05) is 13.0 Å². The second-order valence-corrected chi connectivity index (χ2v) is 5.21. The van der Waals surface area contributed by atoms with E-state index in [9.17, 15) is 4.79 Å². The molecule has 0 saturated carbocycles. The number of carboxylic acid groups (broad SMARTS) is 1. The maximum absolute atomic E-state index is 11.0. The predicted octanol–water partition coefficient (Wildman–Crippen LogP) is 2.18. The molecule has 0 radical (unpaired) electrons. The highest BCUT2D eigenvalue weighted by Crippen LogP contribution is 2.15. The fraction of sp³-hybridized carbons (Fsp3) is 0.562. The zero-order valence-electron chi connectivity index (χ0n) is 13.3. The van der Waals surface area contributed by atoms with Gasteiger partial charge in [-0.25, -0.2) is 4.79 Å². The van der Waals surface area contributed by atoms with E-state index in [0.717, 1.165) is 24.2 Å². The maximum atomic E-state index is 11.0. The lowest BCUT2D eigenvalue weighted by atomic mass is 10.0. The van der Waals surface area contributed by atoms with E-state index in [0.29, 0.717) is 18.8 Å². The third-order valence-corrected chi connectivity index (χ3v) is 3.58. The Hall–Kier alpha value is -1.43. The summed E-state index contributed by atoms with van der Waals surface area (Å²) in [6, 6.07) is 5.52. The standard InChI is InChI=1S/C16H25NO4/c1-12-9-14(16(18)19)5-6-15(12)10-17(7-8-20-3)13(2)11-21-4/h5-6,9,13H,7-8,10-11H2,1-4H3,(H,18,19). The first kappa shape index (κ1) is 17.6. The van der Waals surface area contributed by atoms with Crippen molar-refractivity contribution in [2.45, 2.75) is 26.4 Å². The summed E-state index contributed by atoms with van der Waals surface area (Å²) in [4.78, 5) is 13.3. The number of rotatable bonds is 9. The van der Waals surface area contributed by atoms with Crippen LogP contribution in [0, 0.1) is 6.92 Å². The molecule has 1 aromatic carbocycles. The topological polar surface area (TPSA) is 59.0 Å². The third-order valence-electron chi connectivity index (χ3n) is 3.58. The Labute approximate surface area is 126 Å². The minimum atomic E-state index is -0.895. The molecule has 0 spiro atoms. The summed E-state index contributed by atoms with van der Waals surface area (Å²) in [5, 5.41) is 9.01. The van der Waals surface area contributed by atoms with E-state index in [-0.39, 0.29) is 6.04 Å². The fourth-order valence-corrected chi connectivity index (χ4v) is 2.24. The number of aromatic carboxylic acids is 1. The van der Waals surface area contributed by atoms with Gasteiger partial charge in [0.25, 0.3) is 0 Å². The van der Waals surface area contributed by atoms with Crippen LogP contribution in [0.1, 0.15) is 28.4 Å². The number of carboxylic acids is 1. The van der Waals surface area contributed by atoms with Gasteiger partial charge in [0.2, 0.25) is 0 Å². The average Bonchev–Trinajstić information content (AvgIpc) is 2.44. The number of hydrogen-bond donors (Lipinski definition) is 1. The van der Waals surface area contributed by atoms with Gasteiger partial charge in [-0.3, -0.25) is 4.90 Å². The molecule has 118 valence electrons. The number of benzene rings is 1. The second kappa shape index (κ2) is 8.77. The number of methoxy groups -OCH3 is 2. The van der Waals surface area contributed by atoms with Crippen molar-refractivity contribution < 1.29 is 19.4 Å². The summed E-state index contributed by atoms with van der Waals surface area (Å²) in [5.41, 5.74) is 2.44. The lowest BCUT2D eigenvalue weighted by Gasteiger charge is -2.29. The van der Waals surface area contributed by atoms with Crippen LogP contribution < -0.4 is 0 Å². The van der Waals surface area contributed by atoms with E-state index in [4.69, 9.17) is 14.6 Å². The third kappa shape index (κ3) is 5.46. The monoisotopic (exact) mass is 295 g/mol. The smallest absolute Gasteiger partial charge is 0.335 e. The second-order valence-electron chi connectivity index (χ2n) is 5.21. The summed E-state index contributed by atoms with van der Waals surface area (Å²) < 4.78 is 10.4. The molecule has 0 saturated heterocycles. The SMILES string of the molecule is COCCN(Cc1ccc(C(=O)O)cc1C)C(C)COC. The molecule has 5 nitrogen and oxygen atoms in total. The first-order valence-corrected chi connectivity index (χ1v) is 7.04. The molecule has 0 heterocycles. The molecule has 0 aliphatic rings. The minimum Gasteiger partial charge on any atom is -0.478 e. The Morgan fingerprint density at radius 3 is 2.57 bits per heavy atom. The van der Waals surface area contributed by atoms with Crippen molar-refractivity contribution in [3.8, 4) is 0 Å². The Morgan fingerprint density at radius 1 is 1.33 bits per heavy atom. The Balaban J connectivity index is 2.84. The van der Waals surface area contributed by atoms with Crippen LogP contribution in [0.25, 0.3) is 0 Å². The van der Waals surface area contributed by atoms with Gasteiger partial charge >= 0.3 is 5.97 Å². The first-order valence-electron chi connectivity index (χ1n) is 7.04. The molecular weight excluding hydrogens is 270 g/mol. The number of ether oxygens (including phenoxy) is 2. The van der Waals surface area contributed by atoms with Crippen molar-refractivity contribution in [3.63, 3.8) is 0 Å². The molecule has 0 bridgehead atoms. The van der Waals surface area contributed by atoms with Gasteiger partial charge in [-0.05, 0) is 37.1 Å². The van der Waals surface area contributed by atoms with Crippen LogP contribution in [0.5, 0.6) is 0 Å². The number of aryl methyl sites for hydroxylation is 1. The van der Waals surface area contributed by atoms with E-state index >= 15 is 0 Å². The molecule has 1 aromatic rings. The molecule has 0 amide bonds. The van der Waals surface area contributed by atoms with Crippen LogP contribution in [0.15, 0.2) is 18.2 Å². The lowest BCUT2D eigenvalue weighted by molar-refractivity contribution is 0.0695. The van der Waals surface area contributed by atoms with Gasteiger partial charge in [-0.15, -0.1) is 0 Å². The highest BCUT2D eigenvalue weighted by atomic mass is 16.5. The number of hydrogen-bond acceptors (Lipinski definition) is 4. The zero-order chi connectivity index (χ0) is 15.8. The molecule has 0 fully saturated rings. The van der Waals surface area contributed by atoms with Crippen molar-refractivity contribution in [2.24, 2.45) is 0 Å². The molecule has 0 aliphatic carbocycles. The first-order chi connectivity index (χ1) is 9.99. The Bertz CT molecular complexity index is 462. The van der Waals surface area contributed by atoms with Crippen LogP contribution >= 0.6 is 0 Å². The van der Waals surface area contributed by atoms with E-state index in [1.54, 1.807) is 26.4 Å². The lowest BCUT2D eigenvalue weighted by Crippen LogP contribution is -2.38. The van der Waals surface area contributed by atoms with Gasteiger partial charge < -0.3 is 14.6 Å². The molecule has 21 heavy (non-hydrogen) atoms. The molecule has 0 aliphatic heterocycles. The summed E-state index contributed by atoms with van der Waals surface area (Å²) in [6.07, 6.45) is 0.